The Morgan fingerprint density at radius 2 is 1.54 bits per heavy atom. The number of fused-ring (bicyclic) bond motifs is 1. The molecule has 1 aliphatic heterocycles. The Bertz CT molecular complexity index is 1270. The second-order valence-corrected chi connectivity index (χ2v) is 24.2. The third-order valence-corrected chi connectivity index (χ3v) is 23.4. The summed E-state index contributed by atoms with van der Waals surface area (Å²) in [7, 11) is 0. The van der Waals surface area contributed by atoms with Gasteiger partial charge in [0.2, 0.25) is 0 Å². The molecule has 5 nitrogen and oxygen atoms in total. The van der Waals surface area contributed by atoms with Crippen molar-refractivity contribution in [2.75, 3.05) is 11.4 Å². The predicted molar refractivity (Wildman–Crippen MR) is 168 cm³/mol. The van der Waals surface area contributed by atoms with Gasteiger partial charge in [-0.15, -0.1) is 0 Å². The molecule has 0 unspecified atom stereocenters. The SMILES string of the molecule is CCC[CH2][Sn]([CH2]CCC)([CH2]CCC)[c]1cc(-c2cnn3c2C(=O)N(c2ccc(C(F)(F)F)cc2)C[C@@H]3C)ccn1.S. The fraction of sp³-hybridized carbons (Fsp3) is 0.516. The number of halogens is 3. The van der Waals surface area contributed by atoms with Crippen molar-refractivity contribution in [1.82, 2.24) is 14.8 Å². The van der Waals surface area contributed by atoms with Crippen molar-refractivity contribution < 1.29 is 18.0 Å². The first-order chi connectivity index (χ1) is 19.1. The van der Waals surface area contributed by atoms with Crippen molar-refractivity contribution in [1.29, 1.82) is 0 Å². The third-order valence-electron chi connectivity index (χ3n) is 8.25. The van der Waals surface area contributed by atoms with Gasteiger partial charge in [-0.1, -0.05) is 0 Å². The van der Waals surface area contributed by atoms with E-state index in [-0.39, 0.29) is 25.4 Å². The number of hydrogen-bond donors (Lipinski definition) is 0. The molecule has 3 aromatic rings. The molecule has 0 saturated carbocycles. The number of rotatable bonds is 12. The van der Waals surface area contributed by atoms with Gasteiger partial charge in [0.15, 0.2) is 0 Å². The van der Waals surface area contributed by atoms with Gasteiger partial charge in [-0.3, -0.25) is 0 Å². The van der Waals surface area contributed by atoms with Crippen LogP contribution in [0.4, 0.5) is 18.9 Å². The van der Waals surface area contributed by atoms with Gasteiger partial charge in [-0.25, -0.2) is 0 Å². The summed E-state index contributed by atoms with van der Waals surface area (Å²) in [5, 5.41) is 4.60. The summed E-state index contributed by atoms with van der Waals surface area (Å²) in [6.07, 6.45) is 6.48. The van der Waals surface area contributed by atoms with Crippen molar-refractivity contribution in [3.05, 3.63) is 60.0 Å². The van der Waals surface area contributed by atoms with Crippen LogP contribution in [0.15, 0.2) is 48.8 Å². The minimum atomic E-state index is -4.42. The van der Waals surface area contributed by atoms with E-state index < -0.39 is 30.1 Å². The third kappa shape index (κ3) is 7.32. The molecule has 41 heavy (non-hydrogen) atoms. The standard InChI is InChI=1S/C19H14F3N4O.3C4H9.H2S.Sn/c1-12-11-25(15-4-2-14(3-5-15)19(20,21)22)18(27)17-16(10-24-26(12)17)13-6-8-23-9-7-13;3*1-3-4-2;;/h2-8,10,12H,11H2,1H3;3*1,3-4H2,2H3;1H2;/t12-;;;;;/m0...../s1. The van der Waals surface area contributed by atoms with Crippen LogP contribution in [-0.4, -0.2) is 45.6 Å². The summed E-state index contributed by atoms with van der Waals surface area (Å²) in [5.41, 5.74) is 1.91. The molecule has 2 aromatic heterocycles. The van der Waals surface area contributed by atoms with Crippen molar-refractivity contribution in [3.63, 3.8) is 0 Å². The Kier molecular flexibility index (Phi) is 11.8. The fourth-order valence-electron chi connectivity index (χ4n) is 5.92. The molecular formula is C31H43F3N4OSSn. The monoisotopic (exact) mass is 696 g/mol. The minimum Gasteiger partial charge on any atom is -0.197 e. The normalized spacial score (nSPS) is 15.5. The van der Waals surface area contributed by atoms with E-state index in [0.717, 1.165) is 23.3 Å². The summed E-state index contributed by atoms with van der Waals surface area (Å²) in [4.78, 5) is 20.4. The number of hydrogen-bond acceptors (Lipinski definition) is 3. The quantitative estimate of drug-likeness (QED) is 0.179. The zero-order valence-corrected chi connectivity index (χ0v) is 28.5. The van der Waals surface area contributed by atoms with E-state index >= 15 is 0 Å². The average molecular weight is 695 g/mol. The van der Waals surface area contributed by atoms with E-state index in [4.69, 9.17) is 4.98 Å². The molecule has 224 valence electrons. The van der Waals surface area contributed by atoms with Crippen molar-refractivity contribution in [2.45, 2.75) is 91.7 Å². The van der Waals surface area contributed by atoms with Gasteiger partial charge in [0.1, 0.15) is 0 Å². The van der Waals surface area contributed by atoms with E-state index in [0.29, 0.717) is 17.9 Å². The van der Waals surface area contributed by atoms with Crippen molar-refractivity contribution in [3.8, 4) is 11.1 Å². The summed E-state index contributed by atoms with van der Waals surface area (Å²) in [6, 6.07) is 8.90. The number of nitrogens with zero attached hydrogens (tertiary/aromatic N) is 4. The first-order valence-electron chi connectivity index (χ1n) is 14.7. The van der Waals surface area contributed by atoms with Crippen LogP contribution < -0.4 is 8.61 Å². The van der Waals surface area contributed by atoms with Gasteiger partial charge in [0.25, 0.3) is 0 Å². The second-order valence-electron chi connectivity index (χ2n) is 11.2. The molecule has 1 amide bonds. The zero-order chi connectivity index (χ0) is 28.9. The van der Waals surface area contributed by atoms with Crippen LogP contribution >= 0.6 is 13.5 Å². The first-order valence-corrected chi connectivity index (χ1v) is 22.2. The molecule has 1 aliphatic rings. The molecule has 0 radical (unpaired) electrons. The number of alkyl halides is 3. The molecule has 0 spiro atoms. The van der Waals surface area contributed by atoms with E-state index in [1.807, 2.05) is 19.2 Å². The number of anilines is 1. The molecule has 0 fully saturated rings. The summed E-state index contributed by atoms with van der Waals surface area (Å²) in [6.45, 7) is 9.09. The van der Waals surface area contributed by atoms with E-state index in [1.165, 1.54) is 67.7 Å². The molecule has 1 atom stereocenters. The van der Waals surface area contributed by atoms with Crippen molar-refractivity contribution >= 4 is 47.2 Å². The maximum atomic E-state index is 13.8. The number of unbranched alkanes of at least 4 members (excludes halogenated alkanes) is 3. The van der Waals surface area contributed by atoms with E-state index in [9.17, 15) is 18.0 Å². The molecule has 0 N–H and O–H groups in total. The van der Waals surface area contributed by atoms with Gasteiger partial charge < -0.3 is 0 Å². The molecule has 3 heterocycles. The van der Waals surface area contributed by atoms with Crippen LogP contribution in [0.25, 0.3) is 11.1 Å². The zero-order valence-electron chi connectivity index (χ0n) is 24.6. The second kappa shape index (κ2) is 14.4. The van der Waals surface area contributed by atoms with E-state index in [1.54, 1.807) is 15.8 Å². The van der Waals surface area contributed by atoms with Crippen LogP contribution in [0.5, 0.6) is 0 Å². The Balaban J connectivity index is 0.00000462. The van der Waals surface area contributed by atoms with Gasteiger partial charge >= 0.3 is 228 Å². The van der Waals surface area contributed by atoms with Gasteiger partial charge in [-0.2, -0.15) is 26.7 Å². The maximum absolute atomic E-state index is 13.8. The smallest absolute Gasteiger partial charge is 0.197 e. The van der Waals surface area contributed by atoms with Gasteiger partial charge in [0.05, 0.1) is 0 Å². The molecule has 4 rings (SSSR count). The first kappa shape index (κ1) is 33.5. The Labute approximate surface area is 253 Å². The predicted octanol–water partition coefficient (Wildman–Crippen LogP) is 8.35. The molecule has 1 aromatic carbocycles. The van der Waals surface area contributed by atoms with Crippen LogP contribution in [0.1, 0.15) is 88.3 Å². The number of pyridine rings is 1. The largest absolute Gasteiger partial charge is 0.197 e. The van der Waals surface area contributed by atoms with E-state index in [2.05, 4.69) is 31.9 Å². The van der Waals surface area contributed by atoms with Crippen LogP contribution in [-0.2, 0) is 6.18 Å². The molecule has 0 aliphatic carbocycles. The number of benzene rings is 1. The Morgan fingerprint density at radius 1 is 0.951 bits per heavy atom. The van der Waals surface area contributed by atoms with Crippen molar-refractivity contribution in [2.24, 2.45) is 0 Å². The fourth-order valence-corrected chi connectivity index (χ4v) is 21.4. The van der Waals surface area contributed by atoms with Crippen LogP contribution in [0, 0.1) is 0 Å². The molecule has 0 bridgehead atoms. The molecular weight excluding hydrogens is 652 g/mol. The number of amides is 1. The number of aromatic nitrogens is 3. The van der Waals surface area contributed by atoms with Gasteiger partial charge in [-0.05, 0) is 0 Å². The summed E-state index contributed by atoms with van der Waals surface area (Å²) in [5.74, 6) is -0.249. The Morgan fingerprint density at radius 3 is 2.07 bits per heavy atom. The molecule has 0 saturated heterocycles. The summed E-state index contributed by atoms with van der Waals surface area (Å²) >= 11 is -2.81. The maximum Gasteiger partial charge on any atom is -0.197 e. The number of carbonyl (C=O) groups excluding carboxylic acids is 1. The molecule has 10 heteroatoms. The topological polar surface area (TPSA) is 51.0 Å². The number of carbonyl (C=O) groups is 1. The average Bonchev–Trinajstić information content (AvgIpc) is 3.41. The van der Waals surface area contributed by atoms with Gasteiger partial charge in [0, 0.05) is 0 Å². The summed E-state index contributed by atoms with van der Waals surface area (Å²) < 4.78 is 46.3. The van der Waals surface area contributed by atoms with Crippen LogP contribution in [0.2, 0.25) is 13.3 Å². The van der Waals surface area contributed by atoms with Crippen LogP contribution in [0.3, 0.4) is 0 Å². The minimum absolute atomic E-state index is 0. The Hall–Kier alpha value is -2.01.